The van der Waals surface area contributed by atoms with Gasteiger partial charge < -0.3 is 9.73 Å². The van der Waals surface area contributed by atoms with E-state index in [1.807, 2.05) is 12.1 Å². The van der Waals surface area contributed by atoms with Gasteiger partial charge in [0.05, 0.1) is 12.8 Å². The summed E-state index contributed by atoms with van der Waals surface area (Å²) in [5.74, 6) is 0.522. The molecule has 1 fully saturated rings. The molecule has 34 heavy (non-hydrogen) atoms. The van der Waals surface area contributed by atoms with Gasteiger partial charge in [-0.05, 0) is 73.6 Å². The van der Waals surface area contributed by atoms with E-state index in [2.05, 4.69) is 17.2 Å². The van der Waals surface area contributed by atoms with Crippen molar-refractivity contribution in [2.75, 3.05) is 0 Å². The molecule has 0 bridgehead atoms. The first-order valence-electron chi connectivity index (χ1n) is 11.6. The van der Waals surface area contributed by atoms with Gasteiger partial charge in [0.25, 0.3) is 11.5 Å². The van der Waals surface area contributed by atoms with E-state index in [1.54, 1.807) is 36.7 Å². The quantitative estimate of drug-likeness (QED) is 0.448. The number of fused-ring (bicyclic) bond motifs is 1. The molecule has 1 aliphatic carbocycles. The SMILES string of the molecule is CC1CCC(NC(=O)c2cc3cc(-c4ccco4)cnc3n(Cc3cccc(F)c3)c2=O)CC1. The summed E-state index contributed by atoms with van der Waals surface area (Å²) in [6.45, 7) is 2.32. The number of carbonyl (C=O) groups excluding carboxylic acids is 1. The van der Waals surface area contributed by atoms with E-state index in [-0.39, 0.29) is 29.9 Å². The molecule has 0 saturated heterocycles. The zero-order valence-corrected chi connectivity index (χ0v) is 19.0. The first-order valence-corrected chi connectivity index (χ1v) is 11.6. The molecular formula is C27H26FN3O3. The van der Waals surface area contributed by atoms with Gasteiger partial charge in [0.2, 0.25) is 0 Å². The van der Waals surface area contributed by atoms with E-state index < -0.39 is 5.56 Å². The van der Waals surface area contributed by atoms with E-state index in [0.717, 1.165) is 31.2 Å². The Morgan fingerprint density at radius 1 is 1.15 bits per heavy atom. The van der Waals surface area contributed by atoms with E-state index in [0.29, 0.717) is 28.3 Å². The van der Waals surface area contributed by atoms with Crippen LogP contribution < -0.4 is 10.9 Å². The van der Waals surface area contributed by atoms with Crippen LogP contribution in [0.3, 0.4) is 0 Å². The van der Waals surface area contributed by atoms with Crippen molar-refractivity contribution in [1.29, 1.82) is 0 Å². The maximum absolute atomic E-state index is 13.8. The van der Waals surface area contributed by atoms with E-state index >= 15 is 0 Å². The molecule has 0 aliphatic heterocycles. The largest absolute Gasteiger partial charge is 0.464 e. The highest BCUT2D eigenvalue weighted by Crippen LogP contribution is 2.25. The molecule has 1 amide bonds. The highest BCUT2D eigenvalue weighted by Gasteiger charge is 2.23. The van der Waals surface area contributed by atoms with Gasteiger partial charge in [-0.1, -0.05) is 19.1 Å². The number of hydrogen-bond donors (Lipinski definition) is 1. The van der Waals surface area contributed by atoms with Gasteiger partial charge in [-0.15, -0.1) is 0 Å². The summed E-state index contributed by atoms with van der Waals surface area (Å²) in [4.78, 5) is 31.2. The zero-order chi connectivity index (χ0) is 23.7. The molecule has 0 unspecified atom stereocenters. The van der Waals surface area contributed by atoms with Gasteiger partial charge in [0.1, 0.15) is 22.8 Å². The summed E-state index contributed by atoms with van der Waals surface area (Å²) >= 11 is 0. The number of carbonyl (C=O) groups is 1. The molecule has 1 saturated carbocycles. The van der Waals surface area contributed by atoms with Crippen LogP contribution in [0.2, 0.25) is 0 Å². The number of rotatable bonds is 5. The van der Waals surface area contributed by atoms with Gasteiger partial charge in [0, 0.05) is 23.2 Å². The minimum absolute atomic E-state index is 0.0564. The fraction of sp³-hybridized carbons (Fsp3) is 0.296. The Hall–Kier alpha value is -3.74. The van der Waals surface area contributed by atoms with Crippen molar-refractivity contribution < 1.29 is 13.6 Å². The Labute approximate surface area is 196 Å². The Bertz CT molecular complexity index is 1390. The van der Waals surface area contributed by atoms with Gasteiger partial charge in [-0.3, -0.25) is 14.2 Å². The second kappa shape index (κ2) is 9.25. The predicted molar refractivity (Wildman–Crippen MR) is 128 cm³/mol. The lowest BCUT2D eigenvalue weighted by molar-refractivity contribution is 0.0921. The molecule has 1 N–H and O–H groups in total. The Kier molecular flexibility index (Phi) is 6.01. The number of furan rings is 1. The summed E-state index contributed by atoms with van der Waals surface area (Å²) in [6.07, 6.45) is 7.13. The molecule has 0 radical (unpaired) electrons. The zero-order valence-electron chi connectivity index (χ0n) is 19.0. The average Bonchev–Trinajstić information content (AvgIpc) is 3.37. The highest BCUT2D eigenvalue weighted by atomic mass is 19.1. The lowest BCUT2D eigenvalue weighted by Crippen LogP contribution is -2.40. The molecule has 3 heterocycles. The third-order valence-corrected chi connectivity index (χ3v) is 6.56. The van der Waals surface area contributed by atoms with Crippen LogP contribution in [0.4, 0.5) is 4.39 Å². The van der Waals surface area contributed by atoms with Crippen molar-refractivity contribution in [2.45, 2.75) is 45.2 Å². The van der Waals surface area contributed by atoms with Crippen LogP contribution in [-0.2, 0) is 6.54 Å². The van der Waals surface area contributed by atoms with Crippen LogP contribution in [-0.4, -0.2) is 21.5 Å². The lowest BCUT2D eigenvalue weighted by Gasteiger charge is -2.27. The molecule has 5 rings (SSSR count). The van der Waals surface area contributed by atoms with Gasteiger partial charge >= 0.3 is 0 Å². The Balaban J connectivity index is 1.58. The molecule has 6 nitrogen and oxygen atoms in total. The number of pyridine rings is 2. The molecule has 0 spiro atoms. The number of nitrogens with one attached hydrogen (secondary N) is 1. The van der Waals surface area contributed by atoms with Gasteiger partial charge in [0.15, 0.2) is 0 Å². The van der Waals surface area contributed by atoms with Crippen LogP contribution >= 0.6 is 0 Å². The minimum atomic E-state index is -0.448. The maximum Gasteiger partial charge on any atom is 0.265 e. The second-order valence-corrected chi connectivity index (χ2v) is 9.12. The smallest absolute Gasteiger partial charge is 0.265 e. The molecular weight excluding hydrogens is 433 g/mol. The predicted octanol–water partition coefficient (Wildman–Crippen LogP) is 5.15. The topological polar surface area (TPSA) is 77.1 Å². The summed E-state index contributed by atoms with van der Waals surface area (Å²) in [6, 6.07) is 13.2. The highest BCUT2D eigenvalue weighted by molar-refractivity contribution is 5.97. The molecule has 3 aromatic heterocycles. The second-order valence-electron chi connectivity index (χ2n) is 9.12. The van der Waals surface area contributed by atoms with E-state index in [1.165, 1.54) is 16.7 Å². The number of aromatic nitrogens is 2. The lowest BCUT2D eigenvalue weighted by atomic mass is 9.87. The summed E-state index contributed by atoms with van der Waals surface area (Å²) in [7, 11) is 0. The fourth-order valence-corrected chi connectivity index (χ4v) is 4.64. The fourth-order valence-electron chi connectivity index (χ4n) is 4.64. The number of benzene rings is 1. The normalized spacial score (nSPS) is 18.2. The molecule has 1 aliphatic rings. The standard InChI is InChI=1S/C27H26FN3O3/c1-17-7-9-22(10-8-17)30-26(32)23-14-19-13-20(24-6-3-11-34-24)15-29-25(19)31(27(23)33)16-18-4-2-5-21(28)12-18/h2-6,11-15,17,22H,7-10,16H2,1H3,(H,30,32). The Morgan fingerprint density at radius 2 is 1.97 bits per heavy atom. The number of hydrogen-bond acceptors (Lipinski definition) is 4. The monoisotopic (exact) mass is 459 g/mol. The molecule has 7 heteroatoms. The van der Waals surface area contributed by atoms with Crippen LogP contribution in [0.1, 0.15) is 48.5 Å². The first kappa shape index (κ1) is 22.1. The van der Waals surface area contributed by atoms with Crippen molar-refractivity contribution in [3.63, 3.8) is 0 Å². The first-order chi connectivity index (χ1) is 16.5. The van der Waals surface area contributed by atoms with Crippen molar-refractivity contribution in [3.8, 4) is 11.3 Å². The van der Waals surface area contributed by atoms with Crippen molar-refractivity contribution in [1.82, 2.24) is 14.9 Å². The third-order valence-electron chi connectivity index (χ3n) is 6.56. The number of nitrogens with zero attached hydrogens (tertiary/aromatic N) is 2. The van der Waals surface area contributed by atoms with Crippen molar-refractivity contribution in [3.05, 3.63) is 88.3 Å². The van der Waals surface area contributed by atoms with Crippen LogP contribution in [0.5, 0.6) is 0 Å². The molecule has 4 aromatic rings. The third kappa shape index (κ3) is 4.51. The van der Waals surface area contributed by atoms with Crippen molar-refractivity contribution in [2.24, 2.45) is 5.92 Å². The molecule has 174 valence electrons. The Morgan fingerprint density at radius 3 is 2.71 bits per heavy atom. The summed E-state index contributed by atoms with van der Waals surface area (Å²) in [5.41, 5.74) is 1.38. The minimum Gasteiger partial charge on any atom is -0.464 e. The van der Waals surface area contributed by atoms with Crippen LogP contribution in [0.25, 0.3) is 22.4 Å². The average molecular weight is 460 g/mol. The maximum atomic E-state index is 13.8. The summed E-state index contributed by atoms with van der Waals surface area (Å²) < 4.78 is 20.7. The van der Waals surface area contributed by atoms with Gasteiger partial charge in [-0.2, -0.15) is 0 Å². The summed E-state index contributed by atoms with van der Waals surface area (Å²) in [5, 5.41) is 3.68. The van der Waals surface area contributed by atoms with Crippen LogP contribution in [0.15, 0.2) is 70.2 Å². The molecule has 1 aromatic carbocycles. The number of halogens is 1. The van der Waals surface area contributed by atoms with E-state index in [4.69, 9.17) is 4.42 Å². The number of amides is 1. The van der Waals surface area contributed by atoms with Crippen molar-refractivity contribution >= 4 is 16.9 Å². The van der Waals surface area contributed by atoms with Gasteiger partial charge in [-0.25, -0.2) is 9.37 Å². The van der Waals surface area contributed by atoms with E-state index in [9.17, 15) is 14.0 Å². The van der Waals surface area contributed by atoms with Crippen LogP contribution in [0, 0.1) is 11.7 Å². The molecule has 0 atom stereocenters.